The van der Waals surface area contributed by atoms with Gasteiger partial charge in [-0.2, -0.15) is 48.3 Å². The number of halogens is 13. The van der Waals surface area contributed by atoms with E-state index in [2.05, 4.69) is 15.9 Å². The highest BCUT2D eigenvalue weighted by molar-refractivity contribution is 9.10. The van der Waals surface area contributed by atoms with Crippen molar-refractivity contribution < 1.29 is 52.7 Å². The van der Waals surface area contributed by atoms with E-state index >= 15 is 0 Å². The van der Waals surface area contributed by atoms with Crippen LogP contribution in [0.25, 0.3) is 0 Å². The average Bonchev–Trinajstić information content (AvgIpc) is 2.41. The Kier molecular flexibility index (Phi) is 5.71. The van der Waals surface area contributed by atoms with Crippen LogP contribution in [0.3, 0.4) is 0 Å². The molecular weight excluding hydrogens is 464 g/mol. The topological polar surface area (TPSA) is 0 Å². The van der Waals surface area contributed by atoms with Crippen molar-refractivity contribution in [3.05, 3.63) is 33.8 Å². The molecule has 0 heterocycles. The Balaban J connectivity index is 3.87. The van der Waals surface area contributed by atoms with Gasteiger partial charge in [0.05, 0.1) is 11.5 Å². The van der Waals surface area contributed by atoms with Crippen LogP contribution in [0.4, 0.5) is 52.7 Å². The highest BCUT2D eigenvalue weighted by Gasteiger charge is 2.76. The summed E-state index contributed by atoms with van der Waals surface area (Å²) < 4.78 is 156. The molecule has 150 valence electrons. The molecule has 2 unspecified atom stereocenters. The molecule has 0 amide bonds. The smallest absolute Gasteiger partial charge is 0.231 e. The predicted molar refractivity (Wildman–Crippen MR) is 68.2 cm³/mol. The van der Waals surface area contributed by atoms with Crippen molar-refractivity contribution in [1.29, 1.82) is 0 Å². The van der Waals surface area contributed by atoms with Crippen LogP contribution < -0.4 is 0 Å². The van der Waals surface area contributed by atoms with E-state index in [1.165, 1.54) is 0 Å². The second-order valence-corrected chi connectivity index (χ2v) is 6.19. The summed E-state index contributed by atoms with van der Waals surface area (Å²) in [6, 6.07) is -0.308. The lowest BCUT2D eigenvalue weighted by Crippen LogP contribution is -2.58. The monoisotopic (exact) mass is 470 g/mol. The third-order valence-electron chi connectivity index (χ3n) is 3.55. The van der Waals surface area contributed by atoms with Gasteiger partial charge in [-0.25, -0.2) is 4.39 Å². The molecule has 0 fully saturated rings. The van der Waals surface area contributed by atoms with E-state index in [1.54, 1.807) is 0 Å². The molecule has 1 aromatic carbocycles. The van der Waals surface area contributed by atoms with E-state index in [4.69, 9.17) is 0 Å². The fourth-order valence-electron chi connectivity index (χ4n) is 2.10. The van der Waals surface area contributed by atoms with Gasteiger partial charge in [-0.15, -0.1) is 0 Å². The molecule has 0 aromatic heterocycles. The van der Waals surface area contributed by atoms with Crippen LogP contribution in [-0.4, -0.2) is 18.3 Å². The number of hydrogen-bond acceptors (Lipinski definition) is 0. The van der Waals surface area contributed by atoms with Gasteiger partial charge in [0.2, 0.25) is 5.67 Å². The Morgan fingerprint density at radius 1 is 0.731 bits per heavy atom. The maximum Gasteiger partial charge on any atom is 0.457 e. The molecule has 26 heavy (non-hydrogen) atoms. The van der Waals surface area contributed by atoms with Gasteiger partial charge in [0.1, 0.15) is 0 Å². The van der Waals surface area contributed by atoms with Gasteiger partial charge >= 0.3 is 24.5 Å². The van der Waals surface area contributed by atoms with Crippen LogP contribution in [0, 0.1) is 5.92 Å². The second-order valence-electron chi connectivity index (χ2n) is 5.27. The number of hydrogen-bond donors (Lipinski definition) is 0. The first-order chi connectivity index (χ1) is 11.3. The first-order valence-electron chi connectivity index (χ1n) is 6.34. The van der Waals surface area contributed by atoms with Crippen molar-refractivity contribution in [3.8, 4) is 0 Å². The lowest BCUT2D eigenvalue weighted by atomic mass is 9.77. The van der Waals surface area contributed by atoms with Gasteiger partial charge in [-0.1, -0.05) is 22.9 Å². The average molecular weight is 471 g/mol. The van der Waals surface area contributed by atoms with E-state index in [0.717, 1.165) is 0 Å². The predicted octanol–water partition coefficient (Wildman–Crippen LogP) is 7.03. The molecule has 0 radical (unpaired) electrons. The Bertz CT molecular complexity index is 657. The minimum Gasteiger partial charge on any atom is -0.231 e. The fourth-order valence-corrected chi connectivity index (χ4v) is 2.59. The summed E-state index contributed by atoms with van der Waals surface area (Å²) in [5.74, 6) is -10.6. The fraction of sp³-hybridized carbons (Fsp3) is 0.538. The molecule has 0 saturated carbocycles. The van der Waals surface area contributed by atoms with Gasteiger partial charge < -0.3 is 0 Å². The van der Waals surface area contributed by atoms with Crippen LogP contribution in [0.15, 0.2) is 22.7 Å². The molecule has 0 spiro atoms. The molecule has 2 atom stereocenters. The minimum atomic E-state index is -6.80. The van der Waals surface area contributed by atoms with Crippen LogP contribution in [0.5, 0.6) is 0 Å². The van der Waals surface area contributed by atoms with Crippen molar-refractivity contribution >= 4 is 15.9 Å². The summed E-state index contributed by atoms with van der Waals surface area (Å²) >= 11 is 2.34. The van der Waals surface area contributed by atoms with Gasteiger partial charge in [0.15, 0.2) is 0 Å². The van der Waals surface area contributed by atoms with Crippen molar-refractivity contribution in [1.82, 2.24) is 0 Å². The zero-order valence-electron chi connectivity index (χ0n) is 12.2. The largest absolute Gasteiger partial charge is 0.457 e. The third-order valence-corrected chi connectivity index (χ3v) is 4.00. The zero-order valence-corrected chi connectivity index (χ0v) is 13.8. The Morgan fingerprint density at radius 3 is 1.50 bits per heavy atom. The van der Waals surface area contributed by atoms with E-state index in [9.17, 15) is 52.7 Å². The highest BCUT2D eigenvalue weighted by Crippen LogP contribution is 2.58. The molecule has 0 aliphatic rings. The maximum atomic E-state index is 14.9. The Labute approximate surface area is 146 Å². The number of rotatable bonds is 3. The quantitative estimate of drug-likeness (QED) is 0.416. The third kappa shape index (κ3) is 3.91. The van der Waals surface area contributed by atoms with Crippen molar-refractivity contribution in [3.63, 3.8) is 0 Å². The lowest BCUT2D eigenvalue weighted by Gasteiger charge is -2.40. The van der Waals surface area contributed by atoms with E-state index < -0.39 is 57.7 Å². The van der Waals surface area contributed by atoms with E-state index in [1.807, 2.05) is 0 Å². The van der Waals surface area contributed by atoms with Crippen LogP contribution in [-0.2, 0) is 11.8 Å². The Morgan fingerprint density at radius 2 is 1.15 bits per heavy atom. The van der Waals surface area contributed by atoms with Gasteiger partial charge in [-0.3, -0.25) is 0 Å². The molecule has 0 aliphatic heterocycles. The molecule has 1 aromatic rings. The first-order valence-corrected chi connectivity index (χ1v) is 7.14. The molecule has 1 rings (SSSR count). The molecule has 13 heteroatoms. The van der Waals surface area contributed by atoms with Gasteiger partial charge in [0, 0.05) is 4.47 Å². The van der Waals surface area contributed by atoms with E-state index in [-0.39, 0.29) is 19.1 Å². The minimum absolute atomic E-state index is 0.0110. The highest BCUT2D eigenvalue weighted by atomic mass is 79.9. The molecule has 0 N–H and O–H groups in total. The van der Waals surface area contributed by atoms with Crippen LogP contribution >= 0.6 is 15.9 Å². The van der Waals surface area contributed by atoms with E-state index in [0.29, 0.717) is 0 Å². The summed E-state index contributed by atoms with van der Waals surface area (Å²) in [5.41, 5.74) is -9.57. The number of alkyl halides is 12. The first kappa shape index (κ1) is 22.9. The Hall–Kier alpha value is -1.14. The lowest BCUT2D eigenvalue weighted by molar-refractivity contribution is -0.358. The normalized spacial score (nSPS) is 17.8. The summed E-state index contributed by atoms with van der Waals surface area (Å²) in [5, 5.41) is 0. The summed E-state index contributed by atoms with van der Waals surface area (Å²) in [4.78, 5) is 0. The van der Waals surface area contributed by atoms with Crippen molar-refractivity contribution in [2.45, 2.75) is 37.0 Å². The van der Waals surface area contributed by atoms with Gasteiger partial charge in [-0.05, 0) is 23.8 Å². The molecule has 0 aliphatic carbocycles. The summed E-state index contributed by atoms with van der Waals surface area (Å²) in [6.07, 6.45) is -18.1. The zero-order chi connectivity index (χ0) is 20.9. The maximum absolute atomic E-state index is 14.9. The summed E-state index contributed by atoms with van der Waals surface area (Å²) in [6.45, 7) is -0.312. The molecular formula is C13H7BrF12. The van der Waals surface area contributed by atoms with Crippen molar-refractivity contribution in [2.24, 2.45) is 5.92 Å². The second kappa shape index (κ2) is 6.48. The SMILES string of the molecule is CC(C(F)(F)F)C(F)(c1cc(Br)cc(C(F)(F)F)c1)C(F)(F)C(F)(F)F. The van der Waals surface area contributed by atoms with Gasteiger partial charge in [0.25, 0.3) is 0 Å². The number of benzene rings is 1. The molecule has 0 saturated heterocycles. The van der Waals surface area contributed by atoms with Crippen molar-refractivity contribution in [2.75, 3.05) is 0 Å². The van der Waals surface area contributed by atoms with Crippen LogP contribution in [0.2, 0.25) is 0 Å². The van der Waals surface area contributed by atoms with Crippen LogP contribution in [0.1, 0.15) is 18.1 Å². The standard InChI is InChI=1S/C13H7BrF12/c1-5(10(16,17)18)9(15,12(22,23)13(24,25)26)6-2-7(11(19,20)21)4-8(14)3-6/h2-5H,1H3. The molecule has 0 nitrogen and oxygen atoms in total. The molecule has 0 bridgehead atoms. The summed E-state index contributed by atoms with van der Waals surface area (Å²) in [7, 11) is 0.